The topological polar surface area (TPSA) is 128 Å². The second-order valence-electron chi connectivity index (χ2n) is 9.76. The third-order valence-electron chi connectivity index (χ3n) is 6.64. The summed E-state index contributed by atoms with van der Waals surface area (Å²) in [5.41, 5.74) is 8.96. The average Bonchev–Trinajstić information content (AvgIpc) is 3.22. The number of rotatable bonds is 8. The van der Waals surface area contributed by atoms with Gasteiger partial charge in [0.25, 0.3) is 5.56 Å². The van der Waals surface area contributed by atoms with Crippen LogP contribution < -0.4 is 21.9 Å². The Balaban J connectivity index is 1.74. The molecule has 1 aliphatic rings. The highest BCUT2D eigenvalue weighted by atomic mass is 16.4. The molecule has 1 saturated heterocycles. The zero-order valence-corrected chi connectivity index (χ0v) is 21.1. The lowest BCUT2D eigenvalue weighted by Gasteiger charge is -2.31. The lowest BCUT2D eigenvalue weighted by atomic mass is 10.1. The molecule has 1 aliphatic heterocycles. The first kappa shape index (κ1) is 25.4. The molecule has 10 heteroatoms. The lowest BCUT2D eigenvalue weighted by molar-refractivity contribution is -0.136. The number of anilines is 1. The van der Waals surface area contributed by atoms with Gasteiger partial charge >= 0.3 is 11.7 Å². The van der Waals surface area contributed by atoms with Crippen molar-refractivity contribution >= 4 is 23.1 Å². The number of hydrogen-bond donors (Lipinski definition) is 2. The number of carboxylic acid groups (broad SMARTS) is 1. The quantitative estimate of drug-likeness (QED) is 0.456. The van der Waals surface area contributed by atoms with Crippen LogP contribution in [0.5, 0.6) is 0 Å². The predicted molar refractivity (Wildman–Crippen MR) is 140 cm³/mol. The molecule has 0 amide bonds. The maximum absolute atomic E-state index is 13.7. The van der Waals surface area contributed by atoms with E-state index >= 15 is 0 Å². The van der Waals surface area contributed by atoms with Gasteiger partial charge in [-0.15, -0.1) is 0 Å². The fraction of sp³-hybridized carbons (Fsp3) is 0.462. The zero-order valence-electron chi connectivity index (χ0n) is 21.1. The summed E-state index contributed by atoms with van der Waals surface area (Å²) in [7, 11) is 1.64. The Kier molecular flexibility index (Phi) is 7.44. The maximum Gasteiger partial charge on any atom is 0.332 e. The largest absolute Gasteiger partial charge is 0.481 e. The number of aliphatic carboxylic acids is 1. The van der Waals surface area contributed by atoms with Crippen LogP contribution in [0.4, 0.5) is 5.95 Å². The van der Waals surface area contributed by atoms with E-state index in [2.05, 4.69) is 4.90 Å². The standard InChI is InChI=1S/C26H34N6O4/c1-17(2)10-13-31-22-23(28-25(31)30-12-4-5-20(27)16-30)29(3)26(36)32(24(22)35)14-11-18-6-8-19(9-7-18)15-21(33)34/h6-10,20H,4-5,11-16,27H2,1-3H3,(H,33,34). The lowest BCUT2D eigenvalue weighted by Crippen LogP contribution is -2.44. The molecule has 1 aromatic carbocycles. The molecule has 36 heavy (non-hydrogen) atoms. The Morgan fingerprint density at radius 3 is 2.50 bits per heavy atom. The van der Waals surface area contributed by atoms with E-state index in [4.69, 9.17) is 15.8 Å². The summed E-state index contributed by atoms with van der Waals surface area (Å²) < 4.78 is 4.61. The molecule has 1 unspecified atom stereocenters. The summed E-state index contributed by atoms with van der Waals surface area (Å²) in [6, 6.07) is 7.24. The Morgan fingerprint density at radius 2 is 1.86 bits per heavy atom. The summed E-state index contributed by atoms with van der Waals surface area (Å²) in [5.74, 6) is -0.224. The van der Waals surface area contributed by atoms with Crippen molar-refractivity contribution in [2.24, 2.45) is 12.8 Å². The number of nitrogens with two attached hydrogens (primary N) is 1. The van der Waals surface area contributed by atoms with Gasteiger partial charge in [0, 0.05) is 39.3 Å². The van der Waals surface area contributed by atoms with Crippen molar-refractivity contribution in [3.8, 4) is 0 Å². The van der Waals surface area contributed by atoms with Crippen LogP contribution in [0.1, 0.15) is 37.8 Å². The molecule has 1 atom stereocenters. The molecule has 3 heterocycles. The molecule has 192 valence electrons. The molecule has 0 saturated carbocycles. The number of benzene rings is 1. The number of carboxylic acids is 1. The monoisotopic (exact) mass is 494 g/mol. The highest BCUT2D eigenvalue weighted by Crippen LogP contribution is 2.23. The number of piperidine rings is 1. The number of carbonyl (C=O) groups is 1. The molecule has 3 N–H and O–H groups in total. The molecule has 0 bridgehead atoms. The highest BCUT2D eigenvalue weighted by molar-refractivity contribution is 5.75. The van der Waals surface area contributed by atoms with Crippen molar-refractivity contribution < 1.29 is 9.90 Å². The molecular weight excluding hydrogens is 460 g/mol. The number of aryl methyl sites for hydroxylation is 2. The fourth-order valence-electron chi connectivity index (χ4n) is 4.68. The summed E-state index contributed by atoms with van der Waals surface area (Å²) in [6.45, 7) is 6.14. The SMILES string of the molecule is CC(C)=CCn1c(N2CCCC(N)C2)nc2c1c(=O)n(CCc1ccc(CC(=O)O)cc1)c(=O)n2C. The molecule has 3 aromatic rings. The Bertz CT molecular complexity index is 1410. The molecule has 10 nitrogen and oxygen atoms in total. The van der Waals surface area contributed by atoms with Gasteiger partial charge in [-0.25, -0.2) is 4.79 Å². The second kappa shape index (κ2) is 10.5. The highest BCUT2D eigenvalue weighted by Gasteiger charge is 2.26. The van der Waals surface area contributed by atoms with Crippen LogP contribution in [0.2, 0.25) is 0 Å². The molecule has 2 aromatic heterocycles. The van der Waals surface area contributed by atoms with E-state index in [9.17, 15) is 14.4 Å². The molecule has 0 radical (unpaired) electrons. The van der Waals surface area contributed by atoms with Crippen LogP contribution in [-0.2, 0) is 37.8 Å². The van der Waals surface area contributed by atoms with Crippen molar-refractivity contribution in [1.82, 2.24) is 18.7 Å². The number of nitrogens with zero attached hydrogens (tertiary/aromatic N) is 5. The van der Waals surface area contributed by atoms with Gasteiger partial charge in [-0.05, 0) is 44.2 Å². The van der Waals surface area contributed by atoms with E-state index in [1.165, 1.54) is 9.13 Å². The predicted octanol–water partition coefficient (Wildman–Crippen LogP) is 1.66. The minimum Gasteiger partial charge on any atom is -0.481 e. The Labute approximate surface area is 209 Å². The first-order chi connectivity index (χ1) is 17.2. The number of allylic oxidation sites excluding steroid dienone is 2. The fourth-order valence-corrected chi connectivity index (χ4v) is 4.68. The van der Waals surface area contributed by atoms with Crippen LogP contribution in [0.3, 0.4) is 0 Å². The van der Waals surface area contributed by atoms with Crippen molar-refractivity contribution in [3.05, 3.63) is 67.9 Å². The van der Waals surface area contributed by atoms with Gasteiger partial charge in [-0.2, -0.15) is 4.98 Å². The van der Waals surface area contributed by atoms with Crippen molar-refractivity contribution in [1.29, 1.82) is 0 Å². The molecule has 0 spiro atoms. The third-order valence-corrected chi connectivity index (χ3v) is 6.64. The number of aromatic nitrogens is 4. The van der Waals surface area contributed by atoms with Crippen LogP contribution >= 0.6 is 0 Å². The van der Waals surface area contributed by atoms with Crippen molar-refractivity contribution in [2.45, 2.75) is 58.7 Å². The summed E-state index contributed by atoms with van der Waals surface area (Å²) in [4.78, 5) is 44.7. The van der Waals surface area contributed by atoms with Crippen LogP contribution in [0, 0.1) is 0 Å². The van der Waals surface area contributed by atoms with Crippen LogP contribution in [-0.4, -0.2) is 48.9 Å². The van der Waals surface area contributed by atoms with E-state index in [0.29, 0.717) is 42.2 Å². The number of imidazole rings is 1. The van der Waals surface area contributed by atoms with E-state index < -0.39 is 11.7 Å². The van der Waals surface area contributed by atoms with Crippen molar-refractivity contribution in [2.75, 3.05) is 18.0 Å². The van der Waals surface area contributed by atoms with Gasteiger partial charge in [0.2, 0.25) is 5.95 Å². The maximum atomic E-state index is 13.7. The third kappa shape index (κ3) is 5.28. The van der Waals surface area contributed by atoms with E-state index in [1.54, 1.807) is 19.2 Å². The Morgan fingerprint density at radius 1 is 1.17 bits per heavy atom. The minimum absolute atomic E-state index is 0.0397. The van der Waals surface area contributed by atoms with Gasteiger partial charge < -0.3 is 20.3 Å². The van der Waals surface area contributed by atoms with Gasteiger partial charge in [0.1, 0.15) is 0 Å². The van der Waals surface area contributed by atoms with Gasteiger partial charge in [0.05, 0.1) is 6.42 Å². The number of hydrogen-bond acceptors (Lipinski definition) is 6. The van der Waals surface area contributed by atoms with E-state index in [1.807, 2.05) is 36.6 Å². The average molecular weight is 495 g/mol. The number of fused-ring (bicyclic) bond motifs is 1. The molecule has 4 rings (SSSR count). The molecule has 0 aliphatic carbocycles. The molecule has 1 fully saturated rings. The zero-order chi connectivity index (χ0) is 26.0. The van der Waals surface area contributed by atoms with Crippen LogP contribution in [0.15, 0.2) is 45.5 Å². The second-order valence-corrected chi connectivity index (χ2v) is 9.76. The van der Waals surface area contributed by atoms with Crippen LogP contribution in [0.25, 0.3) is 11.2 Å². The summed E-state index contributed by atoms with van der Waals surface area (Å²) >= 11 is 0. The van der Waals surface area contributed by atoms with Crippen molar-refractivity contribution in [3.63, 3.8) is 0 Å². The first-order valence-electron chi connectivity index (χ1n) is 12.3. The van der Waals surface area contributed by atoms with Gasteiger partial charge in [-0.3, -0.25) is 18.7 Å². The van der Waals surface area contributed by atoms with Gasteiger partial charge in [0.15, 0.2) is 11.2 Å². The van der Waals surface area contributed by atoms with Gasteiger partial charge in [-0.1, -0.05) is 35.9 Å². The van der Waals surface area contributed by atoms with E-state index in [-0.39, 0.29) is 24.6 Å². The van der Waals surface area contributed by atoms with E-state index in [0.717, 1.165) is 30.5 Å². The summed E-state index contributed by atoms with van der Waals surface area (Å²) in [6.07, 6.45) is 4.36. The minimum atomic E-state index is -0.887. The normalized spacial score (nSPS) is 15.9. The smallest absolute Gasteiger partial charge is 0.332 e. The summed E-state index contributed by atoms with van der Waals surface area (Å²) in [5, 5.41) is 8.96. The molecular formula is C26H34N6O4. The first-order valence-corrected chi connectivity index (χ1v) is 12.3. The Hall–Kier alpha value is -3.66.